The van der Waals surface area contributed by atoms with E-state index in [-0.39, 0.29) is 17.9 Å². The lowest BCUT2D eigenvalue weighted by Gasteiger charge is -2.11. The van der Waals surface area contributed by atoms with Crippen LogP contribution in [0.2, 0.25) is 0 Å². The summed E-state index contributed by atoms with van der Waals surface area (Å²) >= 11 is 0. The van der Waals surface area contributed by atoms with Crippen molar-refractivity contribution in [2.45, 2.75) is 12.5 Å². The molecule has 4 nitrogen and oxygen atoms in total. The summed E-state index contributed by atoms with van der Waals surface area (Å²) in [6.45, 7) is -0.344. The van der Waals surface area contributed by atoms with Crippen molar-refractivity contribution < 1.29 is 13.9 Å². The number of halogens is 2. The van der Waals surface area contributed by atoms with Gasteiger partial charge in [0.2, 0.25) is 0 Å². The van der Waals surface area contributed by atoms with Gasteiger partial charge in [0.1, 0.15) is 18.0 Å². The zero-order valence-corrected chi connectivity index (χ0v) is 7.69. The normalized spacial score (nSPS) is 12.2. The van der Waals surface area contributed by atoms with Crippen LogP contribution in [0, 0.1) is 11.3 Å². The molecule has 1 atom stereocenters. The first-order valence-corrected chi connectivity index (χ1v) is 4.20. The first-order chi connectivity index (χ1) is 7.15. The molecular weight excluding hydrogens is 204 g/mol. The van der Waals surface area contributed by atoms with E-state index in [4.69, 9.17) is 10.4 Å². The number of rotatable bonds is 4. The Morgan fingerprint density at radius 2 is 2.33 bits per heavy atom. The lowest BCUT2D eigenvalue weighted by Crippen LogP contribution is -2.27. The molecule has 1 heterocycles. The zero-order chi connectivity index (χ0) is 11.3. The molecule has 2 N–H and O–H groups in total. The molecule has 0 spiro atoms. The molecule has 1 aromatic heterocycles. The van der Waals surface area contributed by atoms with Crippen LogP contribution in [-0.2, 0) is 0 Å². The highest BCUT2D eigenvalue weighted by atomic mass is 19.3. The fourth-order valence-electron chi connectivity index (χ4n) is 0.927. The van der Waals surface area contributed by atoms with Gasteiger partial charge in [-0.25, -0.2) is 13.8 Å². The number of pyridine rings is 1. The Bertz CT molecular complexity index is 365. The number of alkyl halides is 2. The highest BCUT2D eigenvalue weighted by Crippen LogP contribution is 2.10. The summed E-state index contributed by atoms with van der Waals surface area (Å²) in [5.74, 6) is 0.194. The van der Waals surface area contributed by atoms with E-state index in [2.05, 4.69) is 10.3 Å². The van der Waals surface area contributed by atoms with Crippen molar-refractivity contribution in [2.24, 2.45) is 0 Å². The van der Waals surface area contributed by atoms with E-state index < -0.39 is 12.5 Å². The number of anilines is 1. The Balaban J connectivity index is 2.62. The first kappa shape index (κ1) is 11.3. The number of aromatic nitrogens is 1. The SMILES string of the molecule is N#Cc1cccnc1NCC(O)C(F)F. The van der Waals surface area contributed by atoms with Crippen molar-refractivity contribution in [1.82, 2.24) is 4.98 Å². The molecule has 0 aromatic carbocycles. The monoisotopic (exact) mass is 213 g/mol. The van der Waals surface area contributed by atoms with Gasteiger partial charge in [0.15, 0.2) is 0 Å². The molecule has 80 valence electrons. The largest absolute Gasteiger partial charge is 0.385 e. The Kier molecular flexibility index (Phi) is 3.94. The predicted molar refractivity (Wildman–Crippen MR) is 49.5 cm³/mol. The molecule has 0 amide bonds. The van der Waals surface area contributed by atoms with Crippen LogP contribution >= 0.6 is 0 Å². The van der Waals surface area contributed by atoms with Gasteiger partial charge in [-0.2, -0.15) is 5.26 Å². The summed E-state index contributed by atoms with van der Waals surface area (Å²) in [5, 5.41) is 20.0. The Morgan fingerprint density at radius 1 is 1.60 bits per heavy atom. The first-order valence-electron chi connectivity index (χ1n) is 4.20. The second-order valence-corrected chi connectivity index (χ2v) is 2.79. The second-order valence-electron chi connectivity index (χ2n) is 2.79. The van der Waals surface area contributed by atoms with E-state index in [0.29, 0.717) is 0 Å². The van der Waals surface area contributed by atoms with E-state index in [1.54, 1.807) is 6.07 Å². The summed E-state index contributed by atoms with van der Waals surface area (Å²) in [5.41, 5.74) is 0.249. The summed E-state index contributed by atoms with van der Waals surface area (Å²) in [6.07, 6.45) is -3.15. The van der Waals surface area contributed by atoms with Crippen molar-refractivity contribution in [3.63, 3.8) is 0 Å². The summed E-state index contributed by atoms with van der Waals surface area (Å²) < 4.78 is 23.9. The van der Waals surface area contributed by atoms with Gasteiger partial charge < -0.3 is 10.4 Å². The van der Waals surface area contributed by atoms with Crippen LogP contribution in [-0.4, -0.2) is 29.2 Å². The van der Waals surface area contributed by atoms with E-state index in [1.807, 2.05) is 6.07 Å². The Labute approximate surface area is 85.2 Å². The third kappa shape index (κ3) is 3.14. The number of hydrogen-bond acceptors (Lipinski definition) is 4. The van der Waals surface area contributed by atoms with Gasteiger partial charge in [0.25, 0.3) is 6.43 Å². The maximum Gasteiger partial charge on any atom is 0.265 e. The van der Waals surface area contributed by atoms with Crippen LogP contribution < -0.4 is 5.32 Å². The van der Waals surface area contributed by atoms with Crippen LogP contribution in [0.5, 0.6) is 0 Å². The van der Waals surface area contributed by atoms with Crippen LogP contribution in [0.15, 0.2) is 18.3 Å². The quantitative estimate of drug-likeness (QED) is 0.782. The van der Waals surface area contributed by atoms with Gasteiger partial charge >= 0.3 is 0 Å². The molecule has 0 fully saturated rings. The smallest absolute Gasteiger partial charge is 0.265 e. The lowest BCUT2D eigenvalue weighted by molar-refractivity contribution is 0.00380. The van der Waals surface area contributed by atoms with Crippen molar-refractivity contribution in [1.29, 1.82) is 5.26 Å². The van der Waals surface area contributed by atoms with Gasteiger partial charge in [-0.3, -0.25) is 0 Å². The zero-order valence-electron chi connectivity index (χ0n) is 7.69. The highest BCUT2D eigenvalue weighted by molar-refractivity contribution is 5.51. The summed E-state index contributed by atoms with van der Waals surface area (Å²) in [4.78, 5) is 3.79. The molecule has 6 heteroatoms. The number of nitriles is 1. The molecule has 0 saturated carbocycles. The van der Waals surface area contributed by atoms with E-state index in [9.17, 15) is 8.78 Å². The average Bonchev–Trinajstić information content (AvgIpc) is 2.26. The summed E-state index contributed by atoms with van der Waals surface area (Å²) in [7, 11) is 0. The minimum absolute atomic E-state index is 0.194. The van der Waals surface area contributed by atoms with Crippen LogP contribution in [0.25, 0.3) is 0 Å². The van der Waals surface area contributed by atoms with Crippen molar-refractivity contribution >= 4 is 5.82 Å². The number of hydrogen-bond donors (Lipinski definition) is 2. The highest BCUT2D eigenvalue weighted by Gasteiger charge is 2.16. The molecule has 1 unspecified atom stereocenters. The molecule has 0 aliphatic carbocycles. The van der Waals surface area contributed by atoms with Gasteiger partial charge in [-0.05, 0) is 12.1 Å². The van der Waals surface area contributed by atoms with E-state index in [0.717, 1.165) is 0 Å². The van der Waals surface area contributed by atoms with Gasteiger partial charge in [0, 0.05) is 12.7 Å². The molecule has 1 rings (SSSR count). The van der Waals surface area contributed by atoms with Crippen LogP contribution in [0.4, 0.5) is 14.6 Å². The van der Waals surface area contributed by atoms with Gasteiger partial charge in [-0.15, -0.1) is 0 Å². The van der Waals surface area contributed by atoms with Gasteiger partial charge in [0.05, 0.1) is 5.56 Å². The molecule has 0 aliphatic heterocycles. The van der Waals surface area contributed by atoms with Crippen molar-refractivity contribution in [2.75, 3.05) is 11.9 Å². The third-order valence-corrected chi connectivity index (χ3v) is 1.70. The maximum absolute atomic E-state index is 11.9. The summed E-state index contributed by atoms with van der Waals surface area (Å²) in [6, 6.07) is 4.92. The number of aliphatic hydroxyl groups is 1. The number of nitrogens with zero attached hydrogens (tertiary/aromatic N) is 2. The van der Waals surface area contributed by atoms with Gasteiger partial charge in [-0.1, -0.05) is 0 Å². The Hall–Kier alpha value is -1.74. The van der Waals surface area contributed by atoms with Crippen molar-refractivity contribution in [3.8, 4) is 6.07 Å². The predicted octanol–water partition coefficient (Wildman–Crippen LogP) is 0.991. The maximum atomic E-state index is 11.9. The topological polar surface area (TPSA) is 68.9 Å². The number of aliphatic hydroxyl groups excluding tert-OH is 1. The lowest BCUT2D eigenvalue weighted by atomic mass is 10.2. The second kappa shape index (κ2) is 5.22. The average molecular weight is 213 g/mol. The van der Waals surface area contributed by atoms with Crippen molar-refractivity contribution in [3.05, 3.63) is 23.9 Å². The van der Waals surface area contributed by atoms with E-state index >= 15 is 0 Å². The fraction of sp³-hybridized carbons (Fsp3) is 0.333. The molecule has 0 aliphatic rings. The molecule has 0 radical (unpaired) electrons. The Morgan fingerprint density at radius 3 is 2.93 bits per heavy atom. The van der Waals surface area contributed by atoms with Crippen LogP contribution in [0.3, 0.4) is 0 Å². The van der Waals surface area contributed by atoms with E-state index in [1.165, 1.54) is 12.3 Å². The van der Waals surface area contributed by atoms with Crippen LogP contribution in [0.1, 0.15) is 5.56 Å². The standard InChI is InChI=1S/C9H9F2N3O/c10-8(11)7(15)5-14-9-6(4-12)2-1-3-13-9/h1-3,7-8,15H,5H2,(H,13,14). The number of nitrogens with one attached hydrogen (secondary N) is 1. The fourth-order valence-corrected chi connectivity index (χ4v) is 0.927. The molecule has 0 saturated heterocycles. The third-order valence-electron chi connectivity index (χ3n) is 1.70. The molecule has 15 heavy (non-hydrogen) atoms. The molecule has 0 bridgehead atoms. The molecular formula is C9H9F2N3O. The minimum Gasteiger partial charge on any atom is -0.385 e. The molecule has 1 aromatic rings. The minimum atomic E-state index is -2.81.